The molecule has 0 spiro atoms. The molecule has 0 rings (SSSR count). The van der Waals surface area contributed by atoms with E-state index in [4.69, 9.17) is 5.11 Å². The molecule has 2 amide bonds. The molecule has 0 atom stereocenters. The lowest BCUT2D eigenvalue weighted by Gasteiger charge is -2.00. The van der Waals surface area contributed by atoms with E-state index >= 15 is 0 Å². The van der Waals surface area contributed by atoms with E-state index in [0.29, 0.717) is 0 Å². The second-order valence-electron chi connectivity index (χ2n) is 1.93. The lowest BCUT2D eigenvalue weighted by Crippen LogP contribution is -2.31. The Morgan fingerprint density at radius 1 is 1.38 bits per heavy atom. The molecule has 0 aliphatic heterocycles. The highest BCUT2D eigenvalue weighted by atomic mass is 32.2. The predicted molar refractivity (Wildman–Crippen MR) is 45.5 cm³/mol. The molecule has 0 saturated heterocycles. The predicted octanol–water partition coefficient (Wildman–Crippen LogP) is -0.313. The molecular weight excluding hydrogens is 198 g/mol. The molecule has 0 aliphatic rings. The number of carbonyl (C=O) groups excluding carboxylic acids is 2. The number of amides is 2. The highest BCUT2D eigenvalue weighted by Gasteiger charge is 2.07. The molecule has 6 nitrogen and oxygen atoms in total. The number of carboxylic acid groups (broad SMARTS) is 1. The van der Waals surface area contributed by atoms with Crippen molar-refractivity contribution >= 4 is 29.7 Å². The zero-order chi connectivity index (χ0) is 10.3. The van der Waals surface area contributed by atoms with Gasteiger partial charge in [-0.15, -0.1) is 11.8 Å². The Kier molecular flexibility index (Phi) is 5.69. The highest BCUT2D eigenvalue weighted by Crippen LogP contribution is 1.97. The molecule has 0 saturated carbocycles. The first kappa shape index (κ1) is 11.8. The van der Waals surface area contributed by atoms with Crippen LogP contribution in [-0.4, -0.2) is 41.7 Å². The Morgan fingerprint density at radius 3 is 2.46 bits per heavy atom. The summed E-state index contributed by atoms with van der Waals surface area (Å²) in [4.78, 5) is 31.2. The number of methoxy groups -OCH3 is 1. The molecule has 0 aromatic heterocycles. The summed E-state index contributed by atoms with van der Waals surface area (Å²) in [7, 11) is 1.13. The molecule has 0 aliphatic carbocycles. The topological polar surface area (TPSA) is 92.7 Å². The first-order valence-electron chi connectivity index (χ1n) is 3.23. The van der Waals surface area contributed by atoms with E-state index < -0.39 is 18.0 Å². The van der Waals surface area contributed by atoms with Crippen molar-refractivity contribution in [3.05, 3.63) is 0 Å². The lowest BCUT2D eigenvalue weighted by molar-refractivity contribution is -0.133. The molecule has 7 heteroatoms. The summed E-state index contributed by atoms with van der Waals surface area (Å²) < 4.78 is 4.15. The first-order chi connectivity index (χ1) is 6.06. The minimum Gasteiger partial charge on any atom is -0.481 e. The molecule has 0 unspecified atom stereocenters. The van der Waals surface area contributed by atoms with Crippen LogP contribution in [0.5, 0.6) is 0 Å². The summed E-state index contributed by atoms with van der Waals surface area (Å²) in [6.45, 7) is 0. The Hall–Kier alpha value is -1.24. The van der Waals surface area contributed by atoms with E-state index in [2.05, 4.69) is 4.74 Å². The second kappa shape index (κ2) is 6.30. The molecule has 0 fully saturated rings. The molecule has 2 N–H and O–H groups in total. The van der Waals surface area contributed by atoms with Gasteiger partial charge in [-0.1, -0.05) is 0 Å². The number of rotatable bonds is 4. The molecule has 0 radical (unpaired) electrons. The van der Waals surface area contributed by atoms with Gasteiger partial charge in [0.15, 0.2) is 0 Å². The molecule has 0 heterocycles. The van der Waals surface area contributed by atoms with Crippen LogP contribution in [-0.2, 0) is 14.3 Å². The fourth-order valence-corrected chi connectivity index (χ4v) is 0.966. The van der Waals surface area contributed by atoms with Gasteiger partial charge in [-0.3, -0.25) is 14.9 Å². The zero-order valence-corrected chi connectivity index (χ0v) is 7.72. The van der Waals surface area contributed by atoms with Crippen LogP contribution in [0.15, 0.2) is 0 Å². The van der Waals surface area contributed by atoms with Crippen LogP contribution in [0.3, 0.4) is 0 Å². The van der Waals surface area contributed by atoms with Crippen molar-refractivity contribution in [2.24, 2.45) is 0 Å². The average molecular weight is 207 g/mol. The van der Waals surface area contributed by atoms with Crippen molar-refractivity contribution in [3.63, 3.8) is 0 Å². The molecule has 0 aromatic carbocycles. The lowest BCUT2D eigenvalue weighted by atomic mass is 10.7. The Balaban J connectivity index is 3.52. The molecule has 13 heavy (non-hydrogen) atoms. The normalized spacial score (nSPS) is 9.00. The SMILES string of the molecule is COC(=O)NC(=O)CSCC(=O)O. The number of hydrogen-bond donors (Lipinski definition) is 2. The number of carboxylic acids is 1. The van der Waals surface area contributed by atoms with Crippen molar-refractivity contribution in [3.8, 4) is 0 Å². The third-order valence-corrected chi connectivity index (χ3v) is 1.80. The van der Waals surface area contributed by atoms with Crippen LogP contribution in [0.4, 0.5) is 4.79 Å². The van der Waals surface area contributed by atoms with Gasteiger partial charge in [0.25, 0.3) is 0 Å². The molecule has 0 bridgehead atoms. The maximum absolute atomic E-state index is 10.8. The van der Waals surface area contributed by atoms with Crippen LogP contribution in [0.1, 0.15) is 0 Å². The highest BCUT2D eigenvalue weighted by molar-refractivity contribution is 8.00. The fraction of sp³-hybridized carbons (Fsp3) is 0.500. The summed E-state index contributed by atoms with van der Waals surface area (Å²) in [5.74, 6) is -1.83. The van der Waals surface area contributed by atoms with Gasteiger partial charge in [0, 0.05) is 0 Å². The van der Waals surface area contributed by atoms with E-state index in [9.17, 15) is 14.4 Å². The van der Waals surface area contributed by atoms with Gasteiger partial charge in [0.2, 0.25) is 5.91 Å². The number of hydrogen-bond acceptors (Lipinski definition) is 5. The Morgan fingerprint density at radius 2 is 2.00 bits per heavy atom. The van der Waals surface area contributed by atoms with E-state index in [-0.39, 0.29) is 11.5 Å². The van der Waals surface area contributed by atoms with Gasteiger partial charge in [-0.05, 0) is 0 Å². The van der Waals surface area contributed by atoms with E-state index in [1.807, 2.05) is 5.32 Å². The van der Waals surface area contributed by atoms with E-state index in [0.717, 1.165) is 18.9 Å². The van der Waals surface area contributed by atoms with Gasteiger partial charge in [-0.25, -0.2) is 4.79 Å². The van der Waals surface area contributed by atoms with Crippen molar-refractivity contribution in [2.45, 2.75) is 0 Å². The summed E-state index contributed by atoms with van der Waals surface area (Å²) in [5.41, 5.74) is 0. The number of alkyl carbamates (subject to hydrolysis) is 1. The van der Waals surface area contributed by atoms with Crippen molar-refractivity contribution in [1.29, 1.82) is 0 Å². The monoisotopic (exact) mass is 207 g/mol. The standard InChI is InChI=1S/C6H9NO5S/c1-12-6(11)7-4(8)2-13-3-5(9)10/h2-3H2,1H3,(H,9,10)(H,7,8,11). The molecule has 74 valence electrons. The van der Waals surface area contributed by atoms with Gasteiger partial charge in [-0.2, -0.15) is 0 Å². The third-order valence-electron chi connectivity index (χ3n) is 0.886. The van der Waals surface area contributed by atoms with Crippen molar-refractivity contribution in [2.75, 3.05) is 18.6 Å². The molecule has 0 aromatic rings. The van der Waals surface area contributed by atoms with Crippen molar-refractivity contribution in [1.82, 2.24) is 5.32 Å². The Labute approximate surface area is 78.6 Å². The van der Waals surface area contributed by atoms with Crippen molar-refractivity contribution < 1.29 is 24.2 Å². The maximum atomic E-state index is 10.8. The number of imide groups is 1. The van der Waals surface area contributed by atoms with E-state index in [1.165, 1.54) is 0 Å². The number of nitrogens with one attached hydrogen (secondary N) is 1. The molecular formula is C6H9NO5S. The number of aliphatic carboxylic acids is 1. The minimum atomic E-state index is -1.00. The summed E-state index contributed by atoms with van der Waals surface area (Å²) in [6, 6.07) is 0. The van der Waals surface area contributed by atoms with Crippen LogP contribution in [0.25, 0.3) is 0 Å². The maximum Gasteiger partial charge on any atom is 0.413 e. The number of ether oxygens (including phenoxy) is 1. The third kappa shape index (κ3) is 7.13. The summed E-state index contributed by atoms with van der Waals surface area (Å²) in [6.07, 6.45) is -0.846. The zero-order valence-electron chi connectivity index (χ0n) is 6.90. The minimum absolute atomic E-state index is 0.0819. The average Bonchev–Trinajstić information content (AvgIpc) is 2.03. The summed E-state index contributed by atoms with van der Waals surface area (Å²) >= 11 is 0.903. The van der Waals surface area contributed by atoms with Gasteiger partial charge >= 0.3 is 12.1 Å². The van der Waals surface area contributed by atoms with Crippen LogP contribution < -0.4 is 5.32 Å². The summed E-state index contributed by atoms with van der Waals surface area (Å²) in [5, 5.41) is 10.1. The Bertz CT molecular complexity index is 217. The van der Waals surface area contributed by atoms with Crippen LogP contribution >= 0.6 is 11.8 Å². The fourth-order valence-electron chi connectivity index (χ4n) is 0.432. The van der Waals surface area contributed by atoms with E-state index in [1.54, 1.807) is 0 Å². The van der Waals surface area contributed by atoms with Gasteiger partial charge < -0.3 is 9.84 Å². The second-order valence-corrected chi connectivity index (χ2v) is 2.91. The number of thioether (sulfide) groups is 1. The quantitative estimate of drug-likeness (QED) is 0.656. The first-order valence-corrected chi connectivity index (χ1v) is 4.39. The smallest absolute Gasteiger partial charge is 0.413 e. The van der Waals surface area contributed by atoms with Gasteiger partial charge in [0.05, 0.1) is 18.6 Å². The number of carbonyl (C=O) groups is 3. The largest absolute Gasteiger partial charge is 0.481 e. The van der Waals surface area contributed by atoms with Crippen LogP contribution in [0.2, 0.25) is 0 Å². The van der Waals surface area contributed by atoms with Crippen LogP contribution in [0, 0.1) is 0 Å². The van der Waals surface area contributed by atoms with Gasteiger partial charge in [0.1, 0.15) is 0 Å².